The van der Waals surface area contributed by atoms with Crippen LogP contribution in [0.5, 0.6) is 0 Å². The number of hydrogen-bond donors (Lipinski definition) is 0. The summed E-state index contributed by atoms with van der Waals surface area (Å²) in [4.78, 5) is 14.8. The van der Waals surface area contributed by atoms with Gasteiger partial charge < -0.3 is 4.90 Å². The maximum atomic E-state index is 12.4. The molecule has 0 amide bonds. The molecular formula is C18H28N4O. The fraction of sp³-hybridized carbons (Fsp3) is 0.556. The molecule has 1 heterocycles. The molecule has 0 fully saturated rings. The van der Waals surface area contributed by atoms with Crippen LogP contribution in [0.2, 0.25) is 0 Å². The third kappa shape index (κ3) is 3.84. The Balaban J connectivity index is 2.26. The van der Waals surface area contributed by atoms with Crippen molar-refractivity contribution in [1.82, 2.24) is 14.3 Å². The quantitative estimate of drug-likeness (QED) is 0.747. The van der Waals surface area contributed by atoms with Gasteiger partial charge in [-0.3, -0.25) is 0 Å². The van der Waals surface area contributed by atoms with Gasteiger partial charge in [0.15, 0.2) is 0 Å². The van der Waals surface area contributed by atoms with Gasteiger partial charge in [-0.2, -0.15) is 5.10 Å². The number of anilines is 1. The van der Waals surface area contributed by atoms with E-state index < -0.39 is 0 Å². The lowest BCUT2D eigenvalue weighted by Crippen LogP contribution is -2.26. The van der Waals surface area contributed by atoms with Gasteiger partial charge in [0.05, 0.1) is 11.7 Å². The Morgan fingerprint density at radius 2 is 1.70 bits per heavy atom. The summed E-state index contributed by atoms with van der Waals surface area (Å²) >= 11 is 0. The van der Waals surface area contributed by atoms with Gasteiger partial charge in [0.25, 0.3) is 0 Å². The number of hydrogen-bond acceptors (Lipinski definition) is 3. The number of rotatable bonds is 8. The smallest absolute Gasteiger partial charge is 0.350 e. The molecule has 2 rings (SSSR count). The molecule has 126 valence electrons. The van der Waals surface area contributed by atoms with Crippen LogP contribution in [0.15, 0.2) is 35.4 Å². The Hall–Kier alpha value is -2.04. The first-order valence-corrected chi connectivity index (χ1v) is 8.63. The average Bonchev–Trinajstić information content (AvgIpc) is 2.96. The second-order valence-electron chi connectivity index (χ2n) is 5.99. The highest BCUT2D eigenvalue weighted by Crippen LogP contribution is 2.18. The van der Waals surface area contributed by atoms with Crippen molar-refractivity contribution in [3.63, 3.8) is 0 Å². The van der Waals surface area contributed by atoms with Crippen LogP contribution in [0.1, 0.15) is 53.0 Å². The fourth-order valence-corrected chi connectivity index (χ4v) is 2.70. The van der Waals surface area contributed by atoms with Crippen LogP contribution in [-0.2, 0) is 0 Å². The molecule has 0 saturated carbocycles. The molecule has 1 aromatic heterocycles. The highest BCUT2D eigenvalue weighted by Gasteiger charge is 2.12. The molecule has 0 radical (unpaired) electrons. The zero-order chi connectivity index (χ0) is 16.8. The summed E-state index contributed by atoms with van der Waals surface area (Å²) in [5, 5.41) is 4.24. The van der Waals surface area contributed by atoms with Crippen molar-refractivity contribution in [3.05, 3.63) is 41.1 Å². The van der Waals surface area contributed by atoms with Crippen LogP contribution < -0.4 is 10.6 Å². The van der Waals surface area contributed by atoms with E-state index in [9.17, 15) is 4.79 Å². The molecule has 0 spiro atoms. The second kappa shape index (κ2) is 7.99. The van der Waals surface area contributed by atoms with E-state index in [4.69, 9.17) is 0 Å². The molecule has 1 unspecified atom stereocenters. The molecule has 2 aromatic rings. The minimum absolute atomic E-state index is 0.0777. The predicted octanol–water partition coefficient (Wildman–Crippen LogP) is 3.63. The molecule has 0 aliphatic heterocycles. The molecule has 0 bridgehead atoms. The molecule has 23 heavy (non-hydrogen) atoms. The van der Waals surface area contributed by atoms with E-state index in [1.54, 1.807) is 15.6 Å². The van der Waals surface area contributed by atoms with E-state index in [0.717, 1.165) is 38.0 Å². The number of nitrogens with zero attached hydrogens (tertiary/aromatic N) is 4. The Bertz CT molecular complexity index is 650. The van der Waals surface area contributed by atoms with Crippen LogP contribution in [-0.4, -0.2) is 27.4 Å². The van der Waals surface area contributed by atoms with Gasteiger partial charge >= 0.3 is 5.69 Å². The Kier molecular flexibility index (Phi) is 6.02. The van der Waals surface area contributed by atoms with E-state index in [0.29, 0.717) is 0 Å². The van der Waals surface area contributed by atoms with Crippen LogP contribution >= 0.6 is 0 Å². The summed E-state index contributed by atoms with van der Waals surface area (Å²) in [5.74, 6) is 0. The third-order valence-electron chi connectivity index (χ3n) is 4.18. The zero-order valence-electron chi connectivity index (χ0n) is 14.7. The normalized spacial score (nSPS) is 12.3. The molecule has 0 N–H and O–H groups in total. The summed E-state index contributed by atoms with van der Waals surface area (Å²) < 4.78 is 3.16. The van der Waals surface area contributed by atoms with Gasteiger partial charge in [0, 0.05) is 18.8 Å². The molecule has 0 saturated heterocycles. The molecule has 5 nitrogen and oxygen atoms in total. The van der Waals surface area contributed by atoms with Crippen LogP contribution in [0, 0.1) is 0 Å². The lowest BCUT2D eigenvalue weighted by molar-refractivity contribution is 0.460. The maximum Gasteiger partial charge on any atom is 0.350 e. The van der Waals surface area contributed by atoms with Gasteiger partial charge in [0.1, 0.15) is 6.33 Å². The first-order valence-electron chi connectivity index (χ1n) is 8.63. The molecule has 1 aromatic carbocycles. The monoisotopic (exact) mass is 316 g/mol. The largest absolute Gasteiger partial charge is 0.372 e. The van der Waals surface area contributed by atoms with Crippen molar-refractivity contribution in [2.24, 2.45) is 0 Å². The second-order valence-corrected chi connectivity index (χ2v) is 5.99. The van der Waals surface area contributed by atoms with E-state index in [1.807, 2.05) is 19.1 Å². The van der Waals surface area contributed by atoms with Crippen molar-refractivity contribution in [2.75, 3.05) is 18.0 Å². The molecule has 1 atom stereocenters. The van der Waals surface area contributed by atoms with Gasteiger partial charge in [-0.15, -0.1) is 0 Å². The SMILES string of the molecule is CCCN(CCC)c1ccc(-n2cnn(C(C)CC)c2=O)cc1. The van der Waals surface area contributed by atoms with Crippen molar-refractivity contribution >= 4 is 5.69 Å². The summed E-state index contributed by atoms with van der Waals surface area (Å²) in [7, 11) is 0. The van der Waals surface area contributed by atoms with Gasteiger partial charge in [-0.25, -0.2) is 14.0 Å². The molecule has 5 heteroatoms. The average molecular weight is 316 g/mol. The standard InChI is InChI=1S/C18H28N4O/c1-5-12-20(13-6-2)16-8-10-17(11-9-16)21-14-19-22(18(21)23)15(4)7-3/h8-11,14-15H,5-7,12-13H2,1-4H3. The van der Waals surface area contributed by atoms with Crippen molar-refractivity contribution in [2.45, 2.75) is 53.0 Å². The molecule has 0 aliphatic rings. The molecular weight excluding hydrogens is 288 g/mol. The van der Waals surface area contributed by atoms with Crippen LogP contribution in [0.3, 0.4) is 0 Å². The van der Waals surface area contributed by atoms with Gasteiger partial charge in [-0.05, 0) is 50.5 Å². The number of aromatic nitrogens is 3. The Morgan fingerprint density at radius 3 is 2.22 bits per heavy atom. The van der Waals surface area contributed by atoms with Crippen LogP contribution in [0.25, 0.3) is 5.69 Å². The number of benzene rings is 1. The fourth-order valence-electron chi connectivity index (χ4n) is 2.70. The highest BCUT2D eigenvalue weighted by atomic mass is 16.2. The third-order valence-corrected chi connectivity index (χ3v) is 4.18. The summed E-state index contributed by atoms with van der Waals surface area (Å²) in [5.41, 5.74) is 1.99. The minimum atomic E-state index is -0.0777. The van der Waals surface area contributed by atoms with Crippen molar-refractivity contribution in [1.29, 1.82) is 0 Å². The zero-order valence-corrected chi connectivity index (χ0v) is 14.7. The lowest BCUT2D eigenvalue weighted by atomic mass is 10.2. The van der Waals surface area contributed by atoms with Crippen molar-refractivity contribution < 1.29 is 0 Å². The summed E-state index contributed by atoms with van der Waals surface area (Å²) in [6.07, 6.45) is 4.75. The first kappa shape index (κ1) is 17.3. The van der Waals surface area contributed by atoms with E-state index in [-0.39, 0.29) is 11.7 Å². The Labute approximate surface area is 138 Å². The predicted molar refractivity (Wildman–Crippen MR) is 95.6 cm³/mol. The van der Waals surface area contributed by atoms with E-state index in [1.165, 1.54) is 5.69 Å². The highest BCUT2D eigenvalue weighted by molar-refractivity contribution is 5.50. The maximum absolute atomic E-state index is 12.4. The summed E-state index contributed by atoms with van der Waals surface area (Å²) in [6, 6.07) is 8.30. The van der Waals surface area contributed by atoms with E-state index in [2.05, 4.69) is 42.9 Å². The first-order chi connectivity index (χ1) is 11.1. The Morgan fingerprint density at radius 1 is 1.09 bits per heavy atom. The summed E-state index contributed by atoms with van der Waals surface area (Å²) in [6.45, 7) is 10.6. The minimum Gasteiger partial charge on any atom is -0.372 e. The topological polar surface area (TPSA) is 43.1 Å². The van der Waals surface area contributed by atoms with Crippen LogP contribution in [0.4, 0.5) is 5.69 Å². The van der Waals surface area contributed by atoms with Gasteiger partial charge in [0.2, 0.25) is 0 Å². The van der Waals surface area contributed by atoms with Crippen molar-refractivity contribution in [3.8, 4) is 5.69 Å². The molecule has 0 aliphatic carbocycles. The van der Waals surface area contributed by atoms with E-state index >= 15 is 0 Å². The van der Waals surface area contributed by atoms with Gasteiger partial charge in [-0.1, -0.05) is 20.8 Å². The lowest BCUT2D eigenvalue weighted by Gasteiger charge is -2.23.